The highest BCUT2D eigenvalue weighted by molar-refractivity contribution is 9.10. The second kappa shape index (κ2) is 7.94. The third kappa shape index (κ3) is 5.18. The van der Waals surface area contributed by atoms with Crippen LogP contribution in [-0.2, 0) is 6.42 Å². The summed E-state index contributed by atoms with van der Waals surface area (Å²) < 4.78 is 14.4. The number of nitrogens with zero attached hydrogens (tertiary/aromatic N) is 1. The quantitative estimate of drug-likeness (QED) is 0.777. The number of piperazine rings is 1. The van der Waals surface area contributed by atoms with Crippen LogP contribution in [0.15, 0.2) is 22.7 Å². The van der Waals surface area contributed by atoms with Crippen LogP contribution in [0.3, 0.4) is 0 Å². The average Bonchev–Trinajstić information content (AvgIpc) is 2.43. The lowest BCUT2D eigenvalue weighted by Crippen LogP contribution is -2.45. The molecule has 2 rings (SSSR count). The van der Waals surface area contributed by atoms with Crippen molar-refractivity contribution in [1.82, 2.24) is 15.5 Å². The highest BCUT2D eigenvalue weighted by atomic mass is 79.9. The van der Waals surface area contributed by atoms with Crippen molar-refractivity contribution in [3.63, 3.8) is 0 Å². The second-order valence-corrected chi connectivity index (χ2v) is 5.74. The van der Waals surface area contributed by atoms with E-state index in [-0.39, 0.29) is 5.82 Å². The van der Waals surface area contributed by atoms with Crippen molar-refractivity contribution in [2.45, 2.75) is 6.42 Å². The van der Waals surface area contributed by atoms with Gasteiger partial charge in [0, 0.05) is 43.7 Å². The van der Waals surface area contributed by atoms with Gasteiger partial charge < -0.3 is 10.6 Å². The van der Waals surface area contributed by atoms with Gasteiger partial charge in [0.25, 0.3) is 0 Å². The van der Waals surface area contributed by atoms with Gasteiger partial charge in [0.05, 0.1) is 0 Å². The Hall–Kier alpha value is -0.490. The summed E-state index contributed by atoms with van der Waals surface area (Å²) in [4.78, 5) is 2.45. The second-order valence-electron chi connectivity index (χ2n) is 4.83. The summed E-state index contributed by atoms with van der Waals surface area (Å²) in [6.07, 6.45) is 0.729. The Morgan fingerprint density at radius 2 is 2.05 bits per heavy atom. The Morgan fingerprint density at radius 3 is 2.84 bits per heavy atom. The maximum absolute atomic E-state index is 13.5. The highest BCUT2D eigenvalue weighted by Crippen LogP contribution is 2.15. The topological polar surface area (TPSA) is 27.3 Å². The molecular weight excluding hydrogens is 309 g/mol. The molecule has 5 heteroatoms. The van der Waals surface area contributed by atoms with Crippen LogP contribution in [0.4, 0.5) is 4.39 Å². The molecule has 1 aromatic carbocycles. The molecule has 3 nitrogen and oxygen atoms in total. The summed E-state index contributed by atoms with van der Waals surface area (Å²) in [6.45, 7) is 7.29. The molecule has 1 heterocycles. The van der Waals surface area contributed by atoms with E-state index >= 15 is 0 Å². The van der Waals surface area contributed by atoms with Crippen molar-refractivity contribution in [3.05, 3.63) is 34.1 Å². The zero-order valence-electron chi connectivity index (χ0n) is 11.1. The largest absolute Gasteiger partial charge is 0.315 e. The monoisotopic (exact) mass is 329 g/mol. The minimum atomic E-state index is -0.118. The van der Waals surface area contributed by atoms with Crippen molar-refractivity contribution in [2.75, 3.05) is 45.8 Å². The Labute approximate surface area is 122 Å². The van der Waals surface area contributed by atoms with Crippen molar-refractivity contribution in [1.29, 1.82) is 0 Å². The Morgan fingerprint density at radius 1 is 1.26 bits per heavy atom. The SMILES string of the molecule is Fc1ccc(Br)cc1CCNCCN1CCNCC1. The molecule has 106 valence electrons. The van der Waals surface area contributed by atoms with Crippen LogP contribution in [0, 0.1) is 5.82 Å². The molecule has 1 aromatic rings. The van der Waals surface area contributed by atoms with Gasteiger partial charge in [-0.3, -0.25) is 4.90 Å². The molecule has 0 radical (unpaired) electrons. The van der Waals surface area contributed by atoms with E-state index in [1.165, 1.54) is 6.07 Å². The molecule has 1 saturated heterocycles. The number of halogens is 2. The predicted molar refractivity (Wildman–Crippen MR) is 80.0 cm³/mol. The van der Waals surface area contributed by atoms with Gasteiger partial charge in [-0.05, 0) is 36.7 Å². The van der Waals surface area contributed by atoms with E-state index in [0.717, 1.165) is 62.3 Å². The fourth-order valence-electron chi connectivity index (χ4n) is 2.25. The van der Waals surface area contributed by atoms with E-state index < -0.39 is 0 Å². The van der Waals surface area contributed by atoms with Gasteiger partial charge in [0.15, 0.2) is 0 Å². The first-order valence-electron chi connectivity index (χ1n) is 6.83. The average molecular weight is 330 g/mol. The molecule has 1 aliphatic rings. The molecule has 0 saturated carbocycles. The van der Waals surface area contributed by atoms with E-state index in [1.807, 2.05) is 6.07 Å². The van der Waals surface area contributed by atoms with Crippen LogP contribution in [0.1, 0.15) is 5.56 Å². The lowest BCUT2D eigenvalue weighted by Gasteiger charge is -2.27. The summed E-state index contributed by atoms with van der Waals surface area (Å²) in [5, 5.41) is 6.72. The molecule has 1 aliphatic heterocycles. The number of rotatable bonds is 6. The van der Waals surface area contributed by atoms with Gasteiger partial charge in [0.2, 0.25) is 0 Å². The first-order chi connectivity index (χ1) is 9.25. The van der Waals surface area contributed by atoms with Crippen LogP contribution in [0.5, 0.6) is 0 Å². The van der Waals surface area contributed by atoms with Gasteiger partial charge in [-0.2, -0.15) is 0 Å². The van der Waals surface area contributed by atoms with Gasteiger partial charge >= 0.3 is 0 Å². The fraction of sp³-hybridized carbons (Fsp3) is 0.571. The molecule has 0 unspecified atom stereocenters. The van der Waals surface area contributed by atoms with Crippen LogP contribution < -0.4 is 10.6 Å². The summed E-state index contributed by atoms with van der Waals surface area (Å²) in [6, 6.07) is 5.10. The predicted octanol–water partition coefficient (Wildman–Crippen LogP) is 1.63. The third-order valence-corrected chi connectivity index (χ3v) is 3.89. The fourth-order valence-corrected chi connectivity index (χ4v) is 2.66. The number of nitrogens with one attached hydrogen (secondary N) is 2. The maximum atomic E-state index is 13.5. The Bertz CT molecular complexity index is 394. The lowest BCUT2D eigenvalue weighted by atomic mass is 10.1. The molecule has 0 bridgehead atoms. The summed E-state index contributed by atoms with van der Waals surface area (Å²) in [5.41, 5.74) is 0.768. The Balaban J connectivity index is 1.62. The number of hydrogen-bond donors (Lipinski definition) is 2. The molecule has 1 fully saturated rings. The van der Waals surface area contributed by atoms with E-state index in [4.69, 9.17) is 0 Å². The van der Waals surface area contributed by atoms with Crippen LogP contribution in [0.25, 0.3) is 0 Å². The molecule has 0 aromatic heterocycles. The summed E-state index contributed by atoms with van der Waals surface area (Å²) in [5.74, 6) is -0.118. The van der Waals surface area contributed by atoms with Gasteiger partial charge in [-0.15, -0.1) is 0 Å². The first-order valence-corrected chi connectivity index (χ1v) is 7.63. The van der Waals surface area contributed by atoms with E-state index in [2.05, 4.69) is 31.5 Å². The molecule has 0 aliphatic carbocycles. The van der Waals surface area contributed by atoms with Crippen LogP contribution >= 0.6 is 15.9 Å². The first kappa shape index (κ1) is 14.9. The normalized spacial score (nSPS) is 16.7. The molecule has 0 amide bonds. The van der Waals surface area contributed by atoms with Gasteiger partial charge in [0.1, 0.15) is 5.82 Å². The van der Waals surface area contributed by atoms with E-state index in [1.54, 1.807) is 6.07 Å². The summed E-state index contributed by atoms with van der Waals surface area (Å²) in [7, 11) is 0. The smallest absolute Gasteiger partial charge is 0.126 e. The molecule has 2 N–H and O–H groups in total. The molecule has 0 atom stereocenters. The van der Waals surface area contributed by atoms with Crippen molar-refractivity contribution in [3.8, 4) is 0 Å². The zero-order valence-corrected chi connectivity index (χ0v) is 12.7. The maximum Gasteiger partial charge on any atom is 0.126 e. The molecule has 0 spiro atoms. The van der Waals surface area contributed by atoms with Crippen molar-refractivity contribution in [2.24, 2.45) is 0 Å². The number of hydrogen-bond acceptors (Lipinski definition) is 3. The summed E-state index contributed by atoms with van der Waals surface area (Å²) >= 11 is 3.37. The van der Waals surface area contributed by atoms with Crippen LogP contribution in [0.2, 0.25) is 0 Å². The van der Waals surface area contributed by atoms with Crippen molar-refractivity contribution < 1.29 is 4.39 Å². The van der Waals surface area contributed by atoms with Gasteiger partial charge in [-0.1, -0.05) is 15.9 Å². The zero-order chi connectivity index (χ0) is 13.5. The van der Waals surface area contributed by atoms with Crippen LogP contribution in [-0.4, -0.2) is 50.7 Å². The van der Waals surface area contributed by atoms with E-state index in [9.17, 15) is 4.39 Å². The highest BCUT2D eigenvalue weighted by Gasteiger charge is 2.08. The third-order valence-electron chi connectivity index (χ3n) is 3.39. The lowest BCUT2D eigenvalue weighted by molar-refractivity contribution is 0.241. The standard InChI is InChI=1S/C14H21BrFN3/c15-13-1-2-14(16)12(11-13)3-4-17-5-8-19-9-6-18-7-10-19/h1-2,11,17-18H,3-10H2. The minimum absolute atomic E-state index is 0.118. The molecule has 19 heavy (non-hydrogen) atoms. The van der Waals surface area contributed by atoms with Crippen molar-refractivity contribution >= 4 is 15.9 Å². The minimum Gasteiger partial charge on any atom is -0.315 e. The Kier molecular flexibility index (Phi) is 6.23. The van der Waals surface area contributed by atoms with Gasteiger partial charge in [-0.25, -0.2) is 4.39 Å². The molecular formula is C14H21BrFN3. The van der Waals surface area contributed by atoms with E-state index in [0.29, 0.717) is 0 Å². The number of benzene rings is 1.